The summed E-state index contributed by atoms with van der Waals surface area (Å²) in [5.41, 5.74) is 6.23. The maximum absolute atomic E-state index is 11.3. The molecule has 2 aliphatic rings. The third-order valence-corrected chi connectivity index (χ3v) is 6.74. The van der Waals surface area contributed by atoms with E-state index in [2.05, 4.69) is 52.8 Å². The van der Waals surface area contributed by atoms with Crippen molar-refractivity contribution in [3.63, 3.8) is 0 Å². The van der Waals surface area contributed by atoms with Crippen LogP contribution in [0.4, 0.5) is 0 Å². The number of fused-ring (bicyclic) bond motifs is 2. The van der Waals surface area contributed by atoms with E-state index in [9.17, 15) is 4.79 Å². The molecule has 0 bridgehead atoms. The maximum Gasteiger partial charge on any atom is 0.150 e. The Morgan fingerprint density at radius 1 is 0.846 bits per heavy atom. The van der Waals surface area contributed by atoms with Gasteiger partial charge in [0.25, 0.3) is 0 Å². The van der Waals surface area contributed by atoms with E-state index in [0.29, 0.717) is 12.2 Å². The lowest BCUT2D eigenvalue weighted by Gasteiger charge is -2.42. The molecule has 0 saturated heterocycles. The number of rotatable bonds is 2. The summed E-state index contributed by atoms with van der Waals surface area (Å²) in [6, 6.07) is 12.8. The molecule has 1 atom stereocenters. The third-order valence-electron chi connectivity index (χ3n) is 6.74. The Kier molecular flexibility index (Phi) is 3.63. The summed E-state index contributed by atoms with van der Waals surface area (Å²) in [6.45, 7) is 12.3. The molecular weight excluding hydrogens is 320 g/mol. The summed E-state index contributed by atoms with van der Waals surface area (Å²) in [6.07, 6.45) is 3.34. The first-order valence-electron chi connectivity index (χ1n) is 9.55. The fourth-order valence-corrected chi connectivity index (χ4v) is 4.65. The van der Waals surface area contributed by atoms with Crippen molar-refractivity contribution in [1.29, 1.82) is 0 Å². The number of carbonyl (C=O) groups is 1. The van der Waals surface area contributed by atoms with Crippen LogP contribution in [0.15, 0.2) is 36.4 Å². The van der Waals surface area contributed by atoms with Gasteiger partial charge >= 0.3 is 0 Å². The Balaban J connectivity index is 1.88. The van der Waals surface area contributed by atoms with E-state index in [1.807, 2.05) is 18.2 Å². The van der Waals surface area contributed by atoms with Gasteiger partial charge in [0.1, 0.15) is 18.6 Å². The largest absolute Gasteiger partial charge is 0.492 e. The Bertz CT molecular complexity index is 891. The quantitative estimate of drug-likeness (QED) is 0.665. The van der Waals surface area contributed by atoms with Gasteiger partial charge in [-0.15, -0.1) is 0 Å². The van der Waals surface area contributed by atoms with Crippen LogP contribution in [0.1, 0.15) is 80.1 Å². The van der Waals surface area contributed by atoms with Crippen LogP contribution >= 0.6 is 0 Å². The van der Waals surface area contributed by atoms with E-state index in [1.165, 1.54) is 29.5 Å². The van der Waals surface area contributed by atoms with E-state index in [-0.39, 0.29) is 16.2 Å². The summed E-state index contributed by atoms with van der Waals surface area (Å²) in [7, 11) is 0. The van der Waals surface area contributed by atoms with Crippen LogP contribution < -0.4 is 4.74 Å². The number of ether oxygens (including phenoxy) is 1. The molecule has 0 saturated carbocycles. The summed E-state index contributed by atoms with van der Waals surface area (Å²) in [4.78, 5) is 11.3. The molecule has 0 radical (unpaired) electrons. The van der Waals surface area contributed by atoms with Crippen LogP contribution in [0.2, 0.25) is 0 Å². The number of hydrogen-bond acceptors (Lipinski definition) is 2. The number of aldehydes is 1. The van der Waals surface area contributed by atoms with Gasteiger partial charge in [-0.1, -0.05) is 45.9 Å². The third kappa shape index (κ3) is 2.42. The zero-order valence-corrected chi connectivity index (χ0v) is 16.5. The van der Waals surface area contributed by atoms with Crippen LogP contribution in [0, 0.1) is 0 Å². The molecule has 1 aliphatic carbocycles. The number of carbonyl (C=O) groups excluding carboxylic acids is 1. The standard InChI is InChI=1S/C24H28O2/c1-22(2)10-11-23(3,4)19-13-17(7-8-18(19)22)24(5)15-26-21-9-6-16(14-25)12-20(21)24/h6-9,12-14H,10-11,15H2,1-5H3. The molecule has 0 fully saturated rings. The summed E-state index contributed by atoms with van der Waals surface area (Å²) in [5, 5.41) is 0. The second kappa shape index (κ2) is 5.45. The van der Waals surface area contributed by atoms with Gasteiger partial charge in [0.05, 0.1) is 5.41 Å². The lowest BCUT2D eigenvalue weighted by Crippen LogP contribution is -2.35. The molecule has 0 spiro atoms. The lowest BCUT2D eigenvalue weighted by atomic mass is 9.62. The predicted molar refractivity (Wildman–Crippen MR) is 106 cm³/mol. The van der Waals surface area contributed by atoms with E-state index in [4.69, 9.17) is 4.74 Å². The molecule has 2 aromatic carbocycles. The molecule has 0 aromatic heterocycles. The Morgan fingerprint density at radius 3 is 2.23 bits per heavy atom. The van der Waals surface area contributed by atoms with E-state index in [1.54, 1.807) is 0 Å². The van der Waals surface area contributed by atoms with E-state index in [0.717, 1.165) is 17.6 Å². The lowest BCUT2D eigenvalue weighted by molar-refractivity contribution is 0.112. The Morgan fingerprint density at radius 2 is 1.54 bits per heavy atom. The van der Waals surface area contributed by atoms with Crippen molar-refractivity contribution in [2.24, 2.45) is 0 Å². The molecule has 1 heterocycles. The monoisotopic (exact) mass is 348 g/mol. The smallest absolute Gasteiger partial charge is 0.150 e. The van der Waals surface area contributed by atoms with Gasteiger partial charge in [0.2, 0.25) is 0 Å². The minimum Gasteiger partial charge on any atom is -0.492 e. The molecule has 0 N–H and O–H groups in total. The first-order chi connectivity index (χ1) is 12.2. The SMILES string of the molecule is CC1(C)CCC(C)(C)c2cc(C3(C)COc4ccc(C=O)cc43)ccc21. The normalized spacial score (nSPS) is 25.1. The highest BCUT2D eigenvalue weighted by atomic mass is 16.5. The van der Waals surface area contributed by atoms with E-state index < -0.39 is 0 Å². The topological polar surface area (TPSA) is 26.3 Å². The fourth-order valence-electron chi connectivity index (χ4n) is 4.65. The molecule has 4 rings (SSSR count). The minimum atomic E-state index is -0.221. The first kappa shape index (κ1) is 17.3. The Hall–Kier alpha value is -2.09. The van der Waals surface area contributed by atoms with Gasteiger partial charge in [-0.2, -0.15) is 0 Å². The molecule has 1 unspecified atom stereocenters. The van der Waals surface area contributed by atoms with Crippen molar-refractivity contribution in [1.82, 2.24) is 0 Å². The molecule has 2 heteroatoms. The van der Waals surface area contributed by atoms with Gasteiger partial charge in [0, 0.05) is 11.1 Å². The summed E-state index contributed by atoms with van der Waals surface area (Å²) in [5.74, 6) is 0.899. The van der Waals surface area contributed by atoms with Gasteiger partial charge in [0.15, 0.2) is 0 Å². The predicted octanol–water partition coefficient (Wildman–Crippen LogP) is 5.55. The zero-order valence-electron chi connectivity index (χ0n) is 16.5. The van der Waals surface area contributed by atoms with Crippen molar-refractivity contribution >= 4 is 6.29 Å². The van der Waals surface area contributed by atoms with Gasteiger partial charge in [-0.05, 0) is 65.5 Å². The van der Waals surface area contributed by atoms with Crippen molar-refractivity contribution in [3.8, 4) is 5.75 Å². The fraction of sp³-hybridized carbons (Fsp3) is 0.458. The second-order valence-electron chi connectivity index (χ2n) is 9.52. The van der Waals surface area contributed by atoms with Gasteiger partial charge in [-0.25, -0.2) is 0 Å². The van der Waals surface area contributed by atoms with Crippen LogP contribution in [0.25, 0.3) is 0 Å². The minimum absolute atomic E-state index is 0.185. The highest BCUT2D eigenvalue weighted by Gasteiger charge is 2.41. The highest BCUT2D eigenvalue weighted by Crippen LogP contribution is 2.49. The van der Waals surface area contributed by atoms with Crippen molar-refractivity contribution in [3.05, 3.63) is 64.2 Å². The molecule has 2 aromatic rings. The molecule has 0 amide bonds. The van der Waals surface area contributed by atoms with Gasteiger partial charge in [-0.3, -0.25) is 4.79 Å². The average Bonchev–Trinajstić information content (AvgIpc) is 2.96. The number of hydrogen-bond donors (Lipinski definition) is 0. The van der Waals surface area contributed by atoms with Crippen LogP contribution in [-0.4, -0.2) is 12.9 Å². The van der Waals surface area contributed by atoms with Crippen molar-refractivity contribution in [2.75, 3.05) is 6.61 Å². The number of benzene rings is 2. The zero-order chi connectivity index (χ0) is 18.7. The highest BCUT2D eigenvalue weighted by molar-refractivity contribution is 5.76. The molecule has 1 aliphatic heterocycles. The molecule has 136 valence electrons. The summed E-state index contributed by atoms with van der Waals surface area (Å²) < 4.78 is 5.99. The first-order valence-corrected chi connectivity index (χ1v) is 9.55. The molecular formula is C24H28O2. The second-order valence-corrected chi connectivity index (χ2v) is 9.52. The van der Waals surface area contributed by atoms with Crippen LogP contribution in [-0.2, 0) is 16.2 Å². The van der Waals surface area contributed by atoms with Crippen LogP contribution in [0.5, 0.6) is 5.75 Å². The van der Waals surface area contributed by atoms with Crippen molar-refractivity contribution < 1.29 is 9.53 Å². The Labute approximate surface area is 156 Å². The molecule has 2 nitrogen and oxygen atoms in total. The average molecular weight is 348 g/mol. The maximum atomic E-state index is 11.3. The van der Waals surface area contributed by atoms with E-state index >= 15 is 0 Å². The van der Waals surface area contributed by atoms with Crippen LogP contribution in [0.3, 0.4) is 0 Å². The van der Waals surface area contributed by atoms with Crippen molar-refractivity contribution in [2.45, 2.75) is 63.7 Å². The molecule has 26 heavy (non-hydrogen) atoms. The van der Waals surface area contributed by atoms with Gasteiger partial charge < -0.3 is 4.74 Å². The summed E-state index contributed by atoms with van der Waals surface area (Å²) >= 11 is 0.